The van der Waals surface area contributed by atoms with Crippen LogP contribution >= 0.6 is 27.5 Å². The van der Waals surface area contributed by atoms with E-state index in [1.807, 2.05) is 0 Å². The van der Waals surface area contributed by atoms with Crippen LogP contribution in [0.3, 0.4) is 0 Å². The van der Waals surface area contributed by atoms with Crippen LogP contribution in [0.4, 0.5) is 0 Å². The third-order valence-corrected chi connectivity index (χ3v) is 4.22. The Morgan fingerprint density at radius 3 is 2.61 bits per heavy atom. The van der Waals surface area contributed by atoms with Crippen LogP contribution in [0.2, 0.25) is 5.02 Å². The Labute approximate surface area is 175 Å². The number of nitrogens with one attached hydrogen (secondary N) is 1. The summed E-state index contributed by atoms with van der Waals surface area (Å²) in [5.74, 6) is -0.0950. The maximum Gasteiger partial charge on any atom is 0.344 e. The standard InChI is InChI=1S/C19H18BrClN2O5/c1-3-27-17(24)11-28-18-15(20)8-12(9-16(18)26-2)10-22-23-19(25)13-4-6-14(21)7-5-13/h4-10H,3,11H2,1-2H3,(H,23,25)/b22-10-. The van der Waals surface area contributed by atoms with E-state index in [1.54, 1.807) is 43.3 Å². The van der Waals surface area contributed by atoms with Crippen molar-refractivity contribution in [3.05, 3.63) is 57.0 Å². The summed E-state index contributed by atoms with van der Waals surface area (Å²) in [7, 11) is 1.47. The molecule has 0 aromatic heterocycles. The number of amides is 1. The molecule has 7 nitrogen and oxygen atoms in total. The normalized spacial score (nSPS) is 10.6. The Morgan fingerprint density at radius 1 is 1.25 bits per heavy atom. The molecule has 0 saturated heterocycles. The smallest absolute Gasteiger partial charge is 0.344 e. The molecule has 148 valence electrons. The fourth-order valence-corrected chi connectivity index (χ4v) is 2.82. The lowest BCUT2D eigenvalue weighted by Crippen LogP contribution is -2.17. The molecule has 2 aromatic carbocycles. The van der Waals surface area contributed by atoms with Gasteiger partial charge in [-0.1, -0.05) is 11.6 Å². The van der Waals surface area contributed by atoms with Gasteiger partial charge in [0.25, 0.3) is 5.91 Å². The minimum absolute atomic E-state index is 0.243. The van der Waals surface area contributed by atoms with Crippen molar-refractivity contribution in [1.82, 2.24) is 5.43 Å². The molecular formula is C19H18BrClN2O5. The van der Waals surface area contributed by atoms with Crippen molar-refractivity contribution in [3.8, 4) is 11.5 Å². The molecule has 2 rings (SSSR count). The molecule has 1 N–H and O–H groups in total. The van der Waals surface area contributed by atoms with Gasteiger partial charge in [-0.15, -0.1) is 0 Å². The predicted molar refractivity (Wildman–Crippen MR) is 109 cm³/mol. The van der Waals surface area contributed by atoms with Gasteiger partial charge >= 0.3 is 5.97 Å². The number of halogens is 2. The molecule has 0 saturated carbocycles. The molecule has 0 aliphatic rings. The Morgan fingerprint density at radius 2 is 1.96 bits per heavy atom. The van der Waals surface area contributed by atoms with E-state index in [4.69, 9.17) is 25.8 Å². The fraction of sp³-hybridized carbons (Fsp3) is 0.211. The number of rotatable bonds is 8. The number of hydrazone groups is 1. The summed E-state index contributed by atoms with van der Waals surface area (Å²) in [5.41, 5.74) is 3.51. The molecule has 0 bridgehead atoms. The number of carbonyl (C=O) groups excluding carboxylic acids is 2. The van der Waals surface area contributed by atoms with Crippen molar-refractivity contribution < 1.29 is 23.8 Å². The second-order valence-corrected chi connectivity index (χ2v) is 6.62. The van der Waals surface area contributed by atoms with E-state index in [1.165, 1.54) is 13.3 Å². The first-order valence-corrected chi connectivity index (χ1v) is 9.36. The third-order valence-electron chi connectivity index (χ3n) is 3.38. The first kappa shape index (κ1) is 21.7. The third kappa shape index (κ3) is 6.24. The molecule has 0 aliphatic carbocycles. The van der Waals surface area contributed by atoms with Gasteiger partial charge in [0.05, 0.1) is 24.4 Å². The molecule has 2 aromatic rings. The van der Waals surface area contributed by atoms with E-state index in [0.717, 1.165) is 0 Å². The van der Waals surface area contributed by atoms with Crippen LogP contribution in [-0.4, -0.2) is 38.4 Å². The number of hydrogen-bond donors (Lipinski definition) is 1. The number of methoxy groups -OCH3 is 1. The highest BCUT2D eigenvalue weighted by Crippen LogP contribution is 2.36. The average Bonchev–Trinajstić information content (AvgIpc) is 2.67. The topological polar surface area (TPSA) is 86.2 Å². The van der Waals surface area contributed by atoms with Crippen molar-refractivity contribution in [3.63, 3.8) is 0 Å². The van der Waals surface area contributed by atoms with Crippen LogP contribution < -0.4 is 14.9 Å². The number of nitrogens with zero attached hydrogens (tertiary/aromatic N) is 1. The second-order valence-electron chi connectivity index (χ2n) is 5.33. The molecule has 0 atom stereocenters. The van der Waals surface area contributed by atoms with E-state index in [9.17, 15) is 9.59 Å². The van der Waals surface area contributed by atoms with Gasteiger partial charge in [-0.3, -0.25) is 4.79 Å². The van der Waals surface area contributed by atoms with Crippen molar-refractivity contribution >= 4 is 45.6 Å². The lowest BCUT2D eigenvalue weighted by Gasteiger charge is -2.13. The SMILES string of the molecule is CCOC(=O)COc1c(Br)cc(/C=N\NC(=O)c2ccc(Cl)cc2)cc1OC. The molecule has 0 spiro atoms. The molecule has 1 amide bonds. The second kappa shape index (κ2) is 10.7. The van der Waals surface area contributed by atoms with Crippen molar-refractivity contribution in [2.45, 2.75) is 6.92 Å². The predicted octanol–water partition coefficient (Wildman–Crippen LogP) is 3.82. The molecule has 0 unspecified atom stereocenters. The van der Waals surface area contributed by atoms with Gasteiger partial charge in [0.2, 0.25) is 0 Å². The molecular weight excluding hydrogens is 452 g/mol. The summed E-state index contributed by atoms with van der Waals surface area (Å²) in [4.78, 5) is 23.5. The number of ether oxygens (including phenoxy) is 3. The molecule has 0 aliphatic heterocycles. The van der Waals surface area contributed by atoms with E-state index < -0.39 is 5.97 Å². The molecule has 9 heteroatoms. The number of esters is 1. The van der Waals surface area contributed by atoms with Gasteiger partial charge in [-0.2, -0.15) is 5.10 Å². The molecule has 28 heavy (non-hydrogen) atoms. The zero-order valence-electron chi connectivity index (χ0n) is 15.2. The highest BCUT2D eigenvalue weighted by Gasteiger charge is 2.13. The van der Waals surface area contributed by atoms with Crippen molar-refractivity contribution in [1.29, 1.82) is 0 Å². The van der Waals surface area contributed by atoms with E-state index >= 15 is 0 Å². The van der Waals surface area contributed by atoms with E-state index in [0.29, 0.717) is 32.1 Å². The highest BCUT2D eigenvalue weighted by atomic mass is 79.9. The van der Waals surface area contributed by atoms with Crippen LogP contribution in [0.25, 0.3) is 0 Å². The van der Waals surface area contributed by atoms with E-state index in [-0.39, 0.29) is 19.1 Å². The highest BCUT2D eigenvalue weighted by molar-refractivity contribution is 9.10. The minimum atomic E-state index is -0.480. The maximum absolute atomic E-state index is 12.0. The maximum atomic E-state index is 12.0. The van der Waals surface area contributed by atoms with Crippen molar-refractivity contribution in [2.24, 2.45) is 5.10 Å². The first-order chi connectivity index (χ1) is 13.4. The molecule has 0 heterocycles. The summed E-state index contributed by atoms with van der Waals surface area (Å²) >= 11 is 9.17. The number of hydrogen-bond acceptors (Lipinski definition) is 6. The fourth-order valence-electron chi connectivity index (χ4n) is 2.12. The van der Waals surface area contributed by atoms with Crippen molar-refractivity contribution in [2.75, 3.05) is 20.3 Å². The molecule has 0 radical (unpaired) electrons. The monoisotopic (exact) mass is 468 g/mol. The lowest BCUT2D eigenvalue weighted by molar-refractivity contribution is -0.145. The van der Waals surface area contributed by atoms with Crippen LogP contribution in [0, 0.1) is 0 Å². The van der Waals surface area contributed by atoms with Crippen LogP contribution in [0.5, 0.6) is 11.5 Å². The summed E-state index contributed by atoms with van der Waals surface area (Å²) in [6.07, 6.45) is 1.45. The Bertz CT molecular complexity index is 871. The van der Waals surface area contributed by atoms with E-state index in [2.05, 4.69) is 26.5 Å². The number of carbonyl (C=O) groups is 2. The first-order valence-electron chi connectivity index (χ1n) is 8.19. The van der Waals surface area contributed by atoms with Gasteiger partial charge < -0.3 is 14.2 Å². The van der Waals surface area contributed by atoms with Gasteiger partial charge in [0, 0.05) is 10.6 Å². The summed E-state index contributed by atoms with van der Waals surface area (Å²) < 4.78 is 16.2. The van der Waals surface area contributed by atoms with Gasteiger partial charge in [0.15, 0.2) is 18.1 Å². The number of benzene rings is 2. The minimum Gasteiger partial charge on any atom is -0.493 e. The van der Waals surface area contributed by atoms with Gasteiger partial charge in [0.1, 0.15) is 0 Å². The zero-order valence-corrected chi connectivity index (χ0v) is 17.5. The Kier molecular flexibility index (Phi) is 8.28. The molecule has 0 fully saturated rings. The van der Waals surface area contributed by atoms with Crippen LogP contribution in [0.15, 0.2) is 46.0 Å². The summed E-state index contributed by atoms with van der Waals surface area (Å²) in [5, 5.41) is 4.48. The van der Waals surface area contributed by atoms with Crippen LogP contribution in [0.1, 0.15) is 22.8 Å². The Hall–Kier alpha value is -2.58. The lowest BCUT2D eigenvalue weighted by atomic mass is 10.2. The van der Waals surface area contributed by atoms with Gasteiger partial charge in [-0.05, 0) is 64.8 Å². The average molecular weight is 470 g/mol. The van der Waals surface area contributed by atoms with Crippen LogP contribution in [-0.2, 0) is 9.53 Å². The largest absolute Gasteiger partial charge is 0.493 e. The summed E-state index contributed by atoms with van der Waals surface area (Å²) in [6.45, 7) is 1.75. The summed E-state index contributed by atoms with van der Waals surface area (Å²) in [6, 6.07) is 9.81. The quantitative estimate of drug-likeness (QED) is 0.361. The van der Waals surface area contributed by atoms with Gasteiger partial charge in [-0.25, -0.2) is 10.2 Å². The Balaban J connectivity index is 2.06. The zero-order chi connectivity index (χ0) is 20.5.